The van der Waals surface area contributed by atoms with Gasteiger partial charge in [0.2, 0.25) is 5.76 Å². The maximum absolute atomic E-state index is 14.5. The minimum absolute atomic E-state index is 0.0403. The van der Waals surface area contributed by atoms with Gasteiger partial charge in [-0.15, -0.1) is 0 Å². The molecule has 0 radical (unpaired) electrons. The second kappa shape index (κ2) is 10.7. The SMILES string of the molecule is Cc1ccc(CC(=O)CC(CCC(=O)O)c2noc(-c3cc(C(F)(F)C(C)C)on3)c2C2CC2)c(Cl)c1. The highest BCUT2D eigenvalue weighted by molar-refractivity contribution is 6.31. The first-order chi connectivity index (χ1) is 17.5. The number of aryl methyl sites for hydroxylation is 1. The molecule has 0 saturated heterocycles. The van der Waals surface area contributed by atoms with Crippen molar-refractivity contribution in [2.24, 2.45) is 5.92 Å². The molecule has 0 bridgehead atoms. The van der Waals surface area contributed by atoms with Gasteiger partial charge in [0.15, 0.2) is 11.5 Å². The zero-order valence-electron chi connectivity index (χ0n) is 20.9. The Kier molecular flexibility index (Phi) is 7.83. The fourth-order valence-corrected chi connectivity index (χ4v) is 4.67. The van der Waals surface area contributed by atoms with Crippen molar-refractivity contribution in [3.8, 4) is 11.5 Å². The van der Waals surface area contributed by atoms with Gasteiger partial charge in [0.05, 0.1) is 5.69 Å². The van der Waals surface area contributed by atoms with E-state index in [1.165, 1.54) is 13.8 Å². The standard InChI is InChI=1S/C27H29ClF2N2O5/c1-14(2)27(29,30)22-13-21(31-36-22)26-24(16-6-7-16)25(32-37-26)18(8-9-23(34)35)12-19(33)11-17-5-4-15(3)10-20(17)28/h4-5,10,13-14,16,18H,6-9,11-12H2,1-3H3,(H,34,35). The number of aliphatic carboxylic acids is 1. The number of ketones is 1. The maximum Gasteiger partial charge on any atom is 0.309 e. The summed E-state index contributed by atoms with van der Waals surface area (Å²) < 4.78 is 39.5. The second-order valence-electron chi connectivity index (χ2n) is 10.1. The lowest BCUT2D eigenvalue weighted by molar-refractivity contribution is -0.137. The van der Waals surface area contributed by atoms with Crippen LogP contribution in [0.3, 0.4) is 0 Å². The van der Waals surface area contributed by atoms with E-state index in [1.54, 1.807) is 12.1 Å². The van der Waals surface area contributed by atoms with Crippen molar-refractivity contribution in [2.45, 2.75) is 77.1 Å². The lowest BCUT2D eigenvalue weighted by Gasteiger charge is -2.16. The normalized spacial score (nSPS) is 14.8. The van der Waals surface area contributed by atoms with E-state index in [0.29, 0.717) is 21.8 Å². The van der Waals surface area contributed by atoms with E-state index in [-0.39, 0.29) is 48.8 Å². The first kappa shape index (κ1) is 27.0. The first-order valence-corrected chi connectivity index (χ1v) is 12.7. The van der Waals surface area contributed by atoms with Gasteiger partial charge in [-0.25, -0.2) is 0 Å². The Labute approximate surface area is 218 Å². The molecule has 2 aromatic heterocycles. The Bertz CT molecular complexity index is 1300. The third-order valence-electron chi connectivity index (χ3n) is 6.70. The second-order valence-corrected chi connectivity index (χ2v) is 10.5. The van der Waals surface area contributed by atoms with Crippen molar-refractivity contribution in [1.82, 2.24) is 10.3 Å². The Morgan fingerprint density at radius 1 is 1.19 bits per heavy atom. The van der Waals surface area contributed by atoms with Crippen molar-refractivity contribution in [3.05, 3.63) is 57.4 Å². The highest BCUT2D eigenvalue weighted by atomic mass is 35.5. The number of halogens is 3. The first-order valence-electron chi connectivity index (χ1n) is 12.3. The molecular weight excluding hydrogens is 506 g/mol. The van der Waals surface area contributed by atoms with Gasteiger partial charge in [-0.2, -0.15) is 8.78 Å². The van der Waals surface area contributed by atoms with Gasteiger partial charge < -0.3 is 14.2 Å². The van der Waals surface area contributed by atoms with Crippen LogP contribution in [-0.2, 0) is 21.9 Å². The molecule has 37 heavy (non-hydrogen) atoms. The van der Waals surface area contributed by atoms with Gasteiger partial charge in [-0.05, 0) is 49.3 Å². The third-order valence-corrected chi connectivity index (χ3v) is 7.05. The third kappa shape index (κ3) is 6.09. The molecule has 4 rings (SSSR count). The van der Waals surface area contributed by atoms with E-state index >= 15 is 0 Å². The summed E-state index contributed by atoms with van der Waals surface area (Å²) in [7, 11) is 0. The van der Waals surface area contributed by atoms with Crippen molar-refractivity contribution < 1.29 is 32.5 Å². The van der Waals surface area contributed by atoms with Crippen LogP contribution in [0.15, 0.2) is 33.3 Å². The lowest BCUT2D eigenvalue weighted by Crippen LogP contribution is -2.19. The van der Waals surface area contributed by atoms with Crippen LogP contribution in [0.25, 0.3) is 11.5 Å². The molecule has 1 aliphatic rings. The molecule has 1 aromatic carbocycles. The molecule has 1 aliphatic carbocycles. The van der Waals surface area contributed by atoms with Gasteiger partial charge in [-0.1, -0.05) is 47.9 Å². The largest absolute Gasteiger partial charge is 0.481 e. The van der Waals surface area contributed by atoms with Crippen molar-refractivity contribution in [3.63, 3.8) is 0 Å². The Balaban J connectivity index is 1.63. The van der Waals surface area contributed by atoms with Crippen LogP contribution in [0.5, 0.6) is 0 Å². The van der Waals surface area contributed by atoms with Crippen LogP contribution in [0, 0.1) is 12.8 Å². The number of alkyl halides is 2. The molecular formula is C27H29ClF2N2O5. The highest BCUT2D eigenvalue weighted by Crippen LogP contribution is 2.49. The van der Waals surface area contributed by atoms with Crippen molar-refractivity contribution in [2.75, 3.05) is 0 Å². The number of hydrogen-bond donors (Lipinski definition) is 1. The number of carboxylic acid groups (broad SMARTS) is 1. The Morgan fingerprint density at radius 3 is 2.54 bits per heavy atom. The van der Waals surface area contributed by atoms with Crippen LogP contribution in [0.4, 0.5) is 8.78 Å². The average molecular weight is 535 g/mol. The van der Waals surface area contributed by atoms with Crippen LogP contribution in [-0.4, -0.2) is 27.2 Å². The van der Waals surface area contributed by atoms with Crippen molar-refractivity contribution >= 4 is 23.4 Å². The van der Waals surface area contributed by atoms with Crippen molar-refractivity contribution in [1.29, 1.82) is 0 Å². The highest BCUT2D eigenvalue weighted by Gasteiger charge is 2.42. The summed E-state index contributed by atoms with van der Waals surface area (Å²) in [6, 6.07) is 6.63. The molecule has 10 heteroatoms. The molecule has 0 amide bonds. The van der Waals surface area contributed by atoms with E-state index < -0.39 is 29.5 Å². The molecule has 0 aliphatic heterocycles. The fraction of sp³-hybridized carbons (Fsp3) is 0.481. The Hall–Kier alpha value is -3.07. The number of carbonyl (C=O) groups excluding carboxylic acids is 1. The summed E-state index contributed by atoms with van der Waals surface area (Å²) in [6.45, 7) is 4.68. The smallest absolute Gasteiger partial charge is 0.309 e. The zero-order valence-corrected chi connectivity index (χ0v) is 21.6. The predicted molar refractivity (Wildman–Crippen MR) is 132 cm³/mol. The van der Waals surface area contributed by atoms with Crippen LogP contribution in [0.2, 0.25) is 5.02 Å². The topological polar surface area (TPSA) is 106 Å². The number of Topliss-reactive ketones (excluding diaryl/α,β-unsaturated/α-hetero) is 1. The van der Waals surface area contributed by atoms with Gasteiger partial charge in [0.1, 0.15) is 5.78 Å². The monoisotopic (exact) mass is 534 g/mol. The molecule has 0 spiro atoms. The summed E-state index contributed by atoms with van der Waals surface area (Å²) in [6.07, 6.45) is 1.83. The molecule has 198 valence electrons. The summed E-state index contributed by atoms with van der Waals surface area (Å²) in [5.74, 6) is -6.11. The number of carboxylic acids is 1. The number of rotatable bonds is 12. The molecule has 1 saturated carbocycles. The predicted octanol–water partition coefficient (Wildman–Crippen LogP) is 7.07. The molecule has 2 heterocycles. The van der Waals surface area contributed by atoms with E-state index in [1.807, 2.05) is 13.0 Å². The van der Waals surface area contributed by atoms with Crippen LogP contribution in [0.1, 0.15) is 85.9 Å². The number of hydrogen-bond acceptors (Lipinski definition) is 6. The van der Waals surface area contributed by atoms with Gasteiger partial charge in [0.25, 0.3) is 0 Å². The lowest BCUT2D eigenvalue weighted by atomic mass is 9.87. The summed E-state index contributed by atoms with van der Waals surface area (Å²) in [4.78, 5) is 24.4. The summed E-state index contributed by atoms with van der Waals surface area (Å²) in [5.41, 5.74) is 2.93. The zero-order chi connectivity index (χ0) is 26.9. The van der Waals surface area contributed by atoms with Gasteiger partial charge >= 0.3 is 11.9 Å². The minimum atomic E-state index is -3.21. The van der Waals surface area contributed by atoms with Crippen LogP contribution < -0.4 is 0 Å². The number of benzene rings is 1. The van der Waals surface area contributed by atoms with Crippen LogP contribution >= 0.6 is 11.6 Å². The molecule has 1 fully saturated rings. The summed E-state index contributed by atoms with van der Waals surface area (Å²) >= 11 is 6.30. The number of aromatic nitrogens is 2. The van der Waals surface area contributed by atoms with E-state index in [4.69, 9.17) is 20.6 Å². The molecule has 7 nitrogen and oxygen atoms in total. The van der Waals surface area contributed by atoms with Gasteiger partial charge in [0, 0.05) is 47.8 Å². The molecule has 3 aromatic rings. The fourth-order valence-electron chi connectivity index (χ4n) is 4.37. The Morgan fingerprint density at radius 2 is 1.92 bits per heavy atom. The van der Waals surface area contributed by atoms with E-state index in [9.17, 15) is 23.5 Å². The van der Waals surface area contributed by atoms with E-state index in [0.717, 1.165) is 24.5 Å². The number of nitrogens with zero attached hydrogens (tertiary/aromatic N) is 2. The minimum Gasteiger partial charge on any atom is -0.481 e. The average Bonchev–Trinajstić information content (AvgIpc) is 3.36. The van der Waals surface area contributed by atoms with Gasteiger partial charge in [-0.3, -0.25) is 9.59 Å². The summed E-state index contributed by atoms with van der Waals surface area (Å²) in [5, 5.41) is 17.8. The molecule has 1 N–H and O–H groups in total. The number of carbonyl (C=O) groups is 2. The quantitative estimate of drug-likeness (QED) is 0.265. The molecule has 1 atom stereocenters. The van der Waals surface area contributed by atoms with E-state index in [2.05, 4.69) is 10.3 Å². The maximum atomic E-state index is 14.5. The molecule has 1 unspecified atom stereocenters.